The van der Waals surface area contributed by atoms with E-state index in [1.807, 2.05) is 6.92 Å². The maximum Gasteiger partial charge on any atom is 0.335 e. The number of carboxylic acid groups (broad SMARTS) is 1. The third-order valence-electron chi connectivity index (χ3n) is 3.02. The molecule has 0 aromatic heterocycles. The van der Waals surface area contributed by atoms with Crippen LogP contribution >= 0.6 is 0 Å². The number of ether oxygens (including phenoxy) is 1. The molecule has 3 N–H and O–H groups in total. The van der Waals surface area contributed by atoms with Gasteiger partial charge in [0, 0.05) is 12.3 Å². The molecule has 0 radical (unpaired) electrons. The van der Waals surface area contributed by atoms with E-state index in [0.29, 0.717) is 18.9 Å². The minimum absolute atomic E-state index is 0.183. The van der Waals surface area contributed by atoms with Crippen LogP contribution in [0.15, 0.2) is 24.3 Å². The summed E-state index contributed by atoms with van der Waals surface area (Å²) in [6.07, 6.45) is 0.776. The Bertz CT molecular complexity index is 478. The van der Waals surface area contributed by atoms with Gasteiger partial charge in [0.1, 0.15) is 0 Å². The number of carbonyl (C=O) groups is 2. The van der Waals surface area contributed by atoms with Crippen LogP contribution in [-0.2, 0) is 4.74 Å². The third-order valence-corrected chi connectivity index (χ3v) is 3.02. The Kier molecular flexibility index (Phi) is 3.71. The van der Waals surface area contributed by atoms with Gasteiger partial charge in [0.05, 0.1) is 17.7 Å². The zero-order chi connectivity index (χ0) is 13.9. The molecule has 19 heavy (non-hydrogen) atoms. The van der Waals surface area contributed by atoms with Gasteiger partial charge in [0.25, 0.3) is 0 Å². The van der Waals surface area contributed by atoms with Gasteiger partial charge in [-0.05, 0) is 37.6 Å². The highest BCUT2D eigenvalue weighted by Gasteiger charge is 2.31. The van der Waals surface area contributed by atoms with Gasteiger partial charge >= 0.3 is 12.0 Å². The summed E-state index contributed by atoms with van der Waals surface area (Å²) in [6, 6.07) is 5.67. The number of benzene rings is 1. The molecule has 1 aromatic rings. The number of hydrogen-bond acceptors (Lipinski definition) is 3. The fourth-order valence-electron chi connectivity index (χ4n) is 1.90. The monoisotopic (exact) mass is 264 g/mol. The third kappa shape index (κ3) is 3.45. The number of amides is 2. The minimum Gasteiger partial charge on any atom is -0.478 e. The van der Waals surface area contributed by atoms with Crippen LogP contribution in [0.5, 0.6) is 0 Å². The van der Waals surface area contributed by atoms with Gasteiger partial charge in [-0.3, -0.25) is 0 Å². The lowest BCUT2D eigenvalue weighted by molar-refractivity contribution is 0.0697. The van der Waals surface area contributed by atoms with E-state index in [2.05, 4.69) is 10.6 Å². The Morgan fingerprint density at radius 2 is 2.00 bits per heavy atom. The first-order valence-corrected chi connectivity index (χ1v) is 5.99. The molecule has 0 bridgehead atoms. The number of carbonyl (C=O) groups excluding carboxylic acids is 1. The molecule has 1 aromatic carbocycles. The lowest BCUT2D eigenvalue weighted by Gasteiger charge is -2.23. The Morgan fingerprint density at radius 1 is 1.32 bits per heavy atom. The van der Waals surface area contributed by atoms with Gasteiger partial charge < -0.3 is 20.5 Å². The molecule has 0 aliphatic carbocycles. The predicted molar refractivity (Wildman–Crippen MR) is 69.4 cm³/mol. The van der Waals surface area contributed by atoms with Gasteiger partial charge in [0.15, 0.2) is 0 Å². The van der Waals surface area contributed by atoms with Crippen molar-refractivity contribution in [2.75, 3.05) is 18.5 Å². The second kappa shape index (κ2) is 5.27. The normalized spacial score (nSPS) is 21.9. The standard InChI is InChI=1S/C13H16N2O4/c1-13(6-7-19-8-13)15-12(18)14-10-4-2-9(3-5-10)11(16)17/h2-5H,6-8H2,1H3,(H,16,17)(H2,14,15,18). The smallest absolute Gasteiger partial charge is 0.335 e. The topological polar surface area (TPSA) is 87.7 Å². The average Bonchev–Trinajstić information content (AvgIpc) is 2.76. The second-order valence-corrected chi connectivity index (χ2v) is 4.82. The molecule has 1 saturated heterocycles. The molecule has 1 atom stereocenters. The predicted octanol–water partition coefficient (Wildman–Crippen LogP) is 1.69. The molecule has 2 amide bonds. The zero-order valence-electron chi connectivity index (χ0n) is 10.6. The molecule has 1 aliphatic heterocycles. The number of aromatic carboxylic acids is 1. The summed E-state index contributed by atoms with van der Waals surface area (Å²) < 4.78 is 5.25. The van der Waals surface area contributed by atoms with Crippen molar-refractivity contribution in [3.05, 3.63) is 29.8 Å². The Balaban J connectivity index is 1.93. The molecule has 1 fully saturated rings. The van der Waals surface area contributed by atoms with E-state index in [4.69, 9.17) is 9.84 Å². The number of nitrogens with one attached hydrogen (secondary N) is 2. The molecule has 0 spiro atoms. The first-order valence-electron chi connectivity index (χ1n) is 5.99. The lowest BCUT2D eigenvalue weighted by atomic mass is 10.0. The summed E-state index contributed by atoms with van der Waals surface area (Å²) >= 11 is 0. The average molecular weight is 264 g/mol. The highest BCUT2D eigenvalue weighted by molar-refractivity contribution is 5.91. The molecule has 102 valence electrons. The molecule has 6 nitrogen and oxygen atoms in total. The quantitative estimate of drug-likeness (QED) is 0.775. The van der Waals surface area contributed by atoms with Crippen molar-refractivity contribution in [1.82, 2.24) is 5.32 Å². The molecule has 1 aliphatic rings. The van der Waals surface area contributed by atoms with E-state index in [-0.39, 0.29) is 17.1 Å². The van der Waals surface area contributed by atoms with E-state index in [9.17, 15) is 9.59 Å². The van der Waals surface area contributed by atoms with Crippen molar-refractivity contribution in [2.24, 2.45) is 0 Å². The van der Waals surface area contributed by atoms with Crippen molar-refractivity contribution in [3.63, 3.8) is 0 Å². The van der Waals surface area contributed by atoms with E-state index in [1.54, 1.807) is 12.1 Å². The largest absolute Gasteiger partial charge is 0.478 e. The molecular formula is C13H16N2O4. The minimum atomic E-state index is -0.994. The van der Waals surface area contributed by atoms with Crippen LogP contribution in [0.1, 0.15) is 23.7 Å². The van der Waals surface area contributed by atoms with Crippen molar-refractivity contribution in [1.29, 1.82) is 0 Å². The Morgan fingerprint density at radius 3 is 2.53 bits per heavy atom. The second-order valence-electron chi connectivity index (χ2n) is 4.82. The van der Waals surface area contributed by atoms with Crippen molar-refractivity contribution in [2.45, 2.75) is 18.9 Å². The summed E-state index contributed by atoms with van der Waals surface area (Å²) in [5, 5.41) is 14.3. The van der Waals surface area contributed by atoms with Crippen LogP contribution < -0.4 is 10.6 Å². The first-order chi connectivity index (χ1) is 8.98. The van der Waals surface area contributed by atoms with Crippen LogP contribution in [0.2, 0.25) is 0 Å². The fraction of sp³-hybridized carbons (Fsp3) is 0.385. The van der Waals surface area contributed by atoms with Crippen LogP contribution in [0.3, 0.4) is 0 Å². The van der Waals surface area contributed by atoms with E-state index >= 15 is 0 Å². The van der Waals surface area contributed by atoms with Crippen molar-refractivity contribution < 1.29 is 19.4 Å². The maximum absolute atomic E-state index is 11.8. The highest BCUT2D eigenvalue weighted by Crippen LogP contribution is 2.18. The number of rotatable bonds is 3. The molecule has 6 heteroatoms. The Labute approximate surface area is 110 Å². The van der Waals surface area contributed by atoms with E-state index in [0.717, 1.165) is 6.42 Å². The lowest BCUT2D eigenvalue weighted by Crippen LogP contribution is -2.48. The summed E-state index contributed by atoms with van der Waals surface area (Å²) in [6.45, 7) is 3.07. The summed E-state index contributed by atoms with van der Waals surface area (Å²) in [5.74, 6) is -0.994. The first kappa shape index (κ1) is 13.4. The maximum atomic E-state index is 11.8. The number of hydrogen-bond donors (Lipinski definition) is 3. The summed E-state index contributed by atoms with van der Waals surface area (Å²) in [4.78, 5) is 22.5. The zero-order valence-corrected chi connectivity index (χ0v) is 10.6. The van der Waals surface area contributed by atoms with Crippen LogP contribution in [0, 0.1) is 0 Å². The van der Waals surface area contributed by atoms with Crippen LogP contribution in [-0.4, -0.2) is 35.9 Å². The van der Waals surface area contributed by atoms with Crippen molar-refractivity contribution >= 4 is 17.7 Å². The number of carboxylic acids is 1. The molecule has 2 rings (SSSR count). The highest BCUT2D eigenvalue weighted by atomic mass is 16.5. The van der Waals surface area contributed by atoms with Gasteiger partial charge in [-0.25, -0.2) is 9.59 Å². The van der Waals surface area contributed by atoms with Gasteiger partial charge in [-0.2, -0.15) is 0 Å². The summed E-state index contributed by atoms with van der Waals surface area (Å²) in [5.41, 5.74) is 0.387. The van der Waals surface area contributed by atoms with Gasteiger partial charge in [-0.1, -0.05) is 0 Å². The molecule has 1 unspecified atom stereocenters. The SMILES string of the molecule is CC1(NC(=O)Nc2ccc(C(=O)O)cc2)CCOC1. The van der Waals surface area contributed by atoms with Gasteiger partial charge in [-0.15, -0.1) is 0 Å². The molecule has 0 saturated carbocycles. The van der Waals surface area contributed by atoms with E-state index in [1.165, 1.54) is 12.1 Å². The van der Waals surface area contributed by atoms with Gasteiger partial charge in [0.2, 0.25) is 0 Å². The molecule has 1 heterocycles. The summed E-state index contributed by atoms with van der Waals surface area (Å²) in [7, 11) is 0. The fourth-order valence-corrected chi connectivity index (χ4v) is 1.90. The molecular weight excluding hydrogens is 248 g/mol. The Hall–Kier alpha value is -2.08. The van der Waals surface area contributed by atoms with Crippen LogP contribution in [0.4, 0.5) is 10.5 Å². The van der Waals surface area contributed by atoms with Crippen LogP contribution in [0.25, 0.3) is 0 Å². The number of urea groups is 1. The van der Waals surface area contributed by atoms with Crippen molar-refractivity contribution in [3.8, 4) is 0 Å². The number of anilines is 1. The van der Waals surface area contributed by atoms with E-state index < -0.39 is 5.97 Å².